The first-order chi connectivity index (χ1) is 10.6. The Bertz CT molecular complexity index is 643. The van der Waals surface area contributed by atoms with Crippen molar-refractivity contribution in [3.05, 3.63) is 60.2 Å². The molecule has 22 heavy (non-hydrogen) atoms. The fraction of sp³-hybridized carbons (Fsp3) is 0.235. The Morgan fingerprint density at radius 3 is 2.41 bits per heavy atom. The number of β-amino-alcohol motifs (C(OH)–C–C–N with tert-alkyl or cyclic N) is 1. The Morgan fingerprint density at radius 1 is 1.14 bits per heavy atom. The minimum atomic E-state index is -0.811. The molecule has 1 aliphatic rings. The number of hydrogen-bond donors (Lipinski definition) is 1. The topological polar surface area (TPSA) is 53.0 Å². The largest absolute Gasteiger partial charge is 0.489 e. The van der Waals surface area contributed by atoms with Crippen molar-refractivity contribution in [2.24, 2.45) is 0 Å². The second kappa shape index (κ2) is 6.07. The summed E-state index contributed by atoms with van der Waals surface area (Å²) in [6, 6.07) is 16.9. The molecule has 1 heterocycles. The van der Waals surface area contributed by atoms with E-state index in [9.17, 15) is 9.90 Å². The molecule has 1 unspecified atom stereocenters. The van der Waals surface area contributed by atoms with Gasteiger partial charge in [-0.2, -0.15) is 0 Å². The van der Waals surface area contributed by atoms with Gasteiger partial charge in [0.25, 0.3) is 0 Å². The van der Waals surface area contributed by atoms with E-state index in [1.165, 1.54) is 9.80 Å². The van der Waals surface area contributed by atoms with Crippen LogP contribution in [0.5, 0.6) is 5.75 Å². The maximum atomic E-state index is 12.0. The molecule has 5 heteroatoms. The average molecular weight is 298 g/mol. The summed E-state index contributed by atoms with van der Waals surface area (Å²) in [4.78, 5) is 14.8. The molecule has 1 saturated heterocycles. The zero-order chi connectivity index (χ0) is 15.5. The first-order valence-corrected chi connectivity index (χ1v) is 7.14. The van der Waals surface area contributed by atoms with Gasteiger partial charge in [0.2, 0.25) is 0 Å². The first-order valence-electron chi connectivity index (χ1n) is 7.14. The predicted octanol–water partition coefficient (Wildman–Crippen LogP) is 2.46. The van der Waals surface area contributed by atoms with Gasteiger partial charge in [-0.3, -0.25) is 4.90 Å². The van der Waals surface area contributed by atoms with E-state index in [2.05, 4.69) is 0 Å². The molecule has 1 fully saturated rings. The fourth-order valence-corrected chi connectivity index (χ4v) is 2.44. The van der Waals surface area contributed by atoms with Crippen LogP contribution < -0.4 is 9.64 Å². The minimum Gasteiger partial charge on any atom is -0.489 e. The molecular weight excluding hydrogens is 280 g/mol. The third-order valence-electron chi connectivity index (χ3n) is 3.63. The van der Waals surface area contributed by atoms with Crippen molar-refractivity contribution in [1.29, 1.82) is 0 Å². The van der Waals surface area contributed by atoms with Crippen LogP contribution in [0.2, 0.25) is 0 Å². The van der Waals surface area contributed by atoms with Crippen molar-refractivity contribution in [3.8, 4) is 5.75 Å². The van der Waals surface area contributed by atoms with Gasteiger partial charge in [-0.25, -0.2) is 4.79 Å². The normalized spacial score (nSPS) is 17.9. The Labute approximate surface area is 129 Å². The van der Waals surface area contributed by atoms with Crippen LogP contribution >= 0.6 is 0 Å². The van der Waals surface area contributed by atoms with Gasteiger partial charge in [0, 0.05) is 12.7 Å². The summed E-state index contributed by atoms with van der Waals surface area (Å²) in [6.07, 6.45) is -0.811. The van der Waals surface area contributed by atoms with Gasteiger partial charge < -0.3 is 14.7 Å². The van der Waals surface area contributed by atoms with E-state index in [1.807, 2.05) is 30.3 Å². The first kappa shape index (κ1) is 14.4. The number of urea groups is 1. The minimum absolute atomic E-state index is 0.203. The van der Waals surface area contributed by atoms with Crippen LogP contribution in [0.3, 0.4) is 0 Å². The molecule has 1 atom stereocenters. The number of likely N-dealkylation sites (N-methyl/N-ethyl adjacent to an activating group) is 1. The molecule has 114 valence electrons. The maximum absolute atomic E-state index is 12.0. The molecule has 3 rings (SSSR count). The number of anilines is 1. The molecule has 0 saturated carbocycles. The Balaban J connectivity index is 1.67. The number of benzene rings is 2. The number of aliphatic hydroxyl groups is 1. The van der Waals surface area contributed by atoms with Crippen LogP contribution in [0.4, 0.5) is 10.5 Å². The van der Waals surface area contributed by atoms with Crippen molar-refractivity contribution in [1.82, 2.24) is 4.90 Å². The van der Waals surface area contributed by atoms with E-state index in [0.717, 1.165) is 11.3 Å². The quantitative estimate of drug-likeness (QED) is 0.943. The molecule has 1 N–H and O–H groups in total. The second-order valence-corrected chi connectivity index (χ2v) is 5.28. The summed E-state index contributed by atoms with van der Waals surface area (Å²) in [5, 5.41) is 9.94. The molecule has 0 bridgehead atoms. The van der Waals surface area contributed by atoms with Crippen LogP contribution in [0.25, 0.3) is 0 Å². The van der Waals surface area contributed by atoms with Crippen molar-refractivity contribution in [2.75, 3.05) is 18.5 Å². The van der Waals surface area contributed by atoms with Gasteiger partial charge in [-0.05, 0) is 29.8 Å². The highest BCUT2D eigenvalue weighted by Crippen LogP contribution is 2.25. The van der Waals surface area contributed by atoms with Gasteiger partial charge in [0.15, 0.2) is 6.23 Å². The molecule has 2 aromatic rings. The van der Waals surface area contributed by atoms with Crippen LogP contribution in [-0.2, 0) is 6.61 Å². The third-order valence-corrected chi connectivity index (χ3v) is 3.63. The van der Waals surface area contributed by atoms with Gasteiger partial charge in [0.05, 0.1) is 6.54 Å². The number of amides is 2. The molecule has 0 radical (unpaired) electrons. The molecule has 1 aliphatic heterocycles. The van der Waals surface area contributed by atoms with Crippen molar-refractivity contribution < 1.29 is 14.6 Å². The van der Waals surface area contributed by atoms with Crippen LogP contribution in [0.1, 0.15) is 5.56 Å². The standard InChI is InChI=1S/C17H18N2O3/c1-18-11-16(20)19(17(18)21)14-7-9-15(10-8-14)22-12-13-5-3-2-4-6-13/h2-10,16,20H,11-12H2,1H3. The van der Waals surface area contributed by atoms with Crippen molar-refractivity contribution >= 4 is 11.7 Å². The zero-order valence-corrected chi connectivity index (χ0v) is 12.3. The number of carbonyl (C=O) groups excluding carboxylic acids is 1. The van der Waals surface area contributed by atoms with Gasteiger partial charge >= 0.3 is 6.03 Å². The zero-order valence-electron chi connectivity index (χ0n) is 12.3. The monoisotopic (exact) mass is 298 g/mol. The number of hydrogen-bond acceptors (Lipinski definition) is 3. The van der Waals surface area contributed by atoms with Crippen LogP contribution in [-0.4, -0.2) is 35.9 Å². The highest BCUT2D eigenvalue weighted by Gasteiger charge is 2.34. The number of ether oxygens (including phenoxy) is 1. The Hall–Kier alpha value is -2.53. The molecule has 0 spiro atoms. The lowest BCUT2D eigenvalue weighted by molar-refractivity contribution is 0.183. The SMILES string of the molecule is CN1CC(O)N(c2ccc(OCc3ccccc3)cc2)C1=O. The highest BCUT2D eigenvalue weighted by molar-refractivity contribution is 5.94. The third kappa shape index (κ3) is 2.89. The lowest BCUT2D eigenvalue weighted by Gasteiger charge is -2.19. The number of rotatable bonds is 4. The van der Waals surface area contributed by atoms with Crippen LogP contribution in [0, 0.1) is 0 Å². The highest BCUT2D eigenvalue weighted by atomic mass is 16.5. The van der Waals surface area contributed by atoms with Gasteiger partial charge in [0.1, 0.15) is 12.4 Å². The van der Waals surface area contributed by atoms with E-state index < -0.39 is 6.23 Å². The summed E-state index contributed by atoms with van der Waals surface area (Å²) in [5.74, 6) is 0.724. The van der Waals surface area contributed by atoms with Crippen LogP contribution in [0.15, 0.2) is 54.6 Å². The molecule has 0 aliphatic carbocycles. The lowest BCUT2D eigenvalue weighted by Crippen LogP contribution is -2.34. The fourth-order valence-electron chi connectivity index (χ4n) is 2.44. The molecular formula is C17H18N2O3. The number of aliphatic hydroxyl groups excluding tert-OH is 1. The lowest BCUT2D eigenvalue weighted by atomic mass is 10.2. The molecule has 0 aromatic heterocycles. The van der Waals surface area contributed by atoms with E-state index >= 15 is 0 Å². The molecule has 2 aromatic carbocycles. The van der Waals surface area contributed by atoms with E-state index in [-0.39, 0.29) is 6.03 Å². The Morgan fingerprint density at radius 2 is 1.82 bits per heavy atom. The number of nitrogens with zero attached hydrogens (tertiary/aromatic N) is 2. The summed E-state index contributed by atoms with van der Waals surface area (Å²) in [6.45, 7) is 0.805. The Kier molecular flexibility index (Phi) is 3.98. The molecule has 5 nitrogen and oxygen atoms in total. The summed E-state index contributed by atoms with van der Waals surface area (Å²) in [7, 11) is 1.67. The maximum Gasteiger partial charge on any atom is 0.326 e. The summed E-state index contributed by atoms with van der Waals surface area (Å²) >= 11 is 0. The van der Waals surface area contributed by atoms with E-state index in [1.54, 1.807) is 31.3 Å². The summed E-state index contributed by atoms with van der Waals surface area (Å²) < 4.78 is 5.71. The van der Waals surface area contributed by atoms with Crippen molar-refractivity contribution in [3.63, 3.8) is 0 Å². The smallest absolute Gasteiger partial charge is 0.326 e. The second-order valence-electron chi connectivity index (χ2n) is 5.28. The summed E-state index contributed by atoms with van der Waals surface area (Å²) in [5.41, 5.74) is 1.76. The average Bonchev–Trinajstić information content (AvgIpc) is 2.80. The van der Waals surface area contributed by atoms with E-state index in [0.29, 0.717) is 18.8 Å². The van der Waals surface area contributed by atoms with E-state index in [4.69, 9.17) is 4.74 Å². The van der Waals surface area contributed by atoms with Gasteiger partial charge in [-0.15, -0.1) is 0 Å². The molecule has 2 amide bonds. The number of carbonyl (C=O) groups is 1. The predicted molar refractivity (Wildman–Crippen MR) is 83.7 cm³/mol. The van der Waals surface area contributed by atoms with Gasteiger partial charge in [-0.1, -0.05) is 30.3 Å². The van der Waals surface area contributed by atoms with Crippen molar-refractivity contribution in [2.45, 2.75) is 12.8 Å².